The van der Waals surface area contributed by atoms with Crippen molar-refractivity contribution < 1.29 is 4.79 Å². The van der Waals surface area contributed by atoms with E-state index in [1.807, 2.05) is 60.4 Å². The zero-order valence-electron chi connectivity index (χ0n) is 9.88. The van der Waals surface area contributed by atoms with E-state index < -0.39 is 0 Å². The molecule has 1 aliphatic rings. The number of ketones is 1. The van der Waals surface area contributed by atoms with Crippen LogP contribution < -0.4 is 4.90 Å². The number of hydrogen-bond donors (Lipinski definition) is 0. The molecule has 0 atom stereocenters. The molecule has 88 valence electrons. The highest BCUT2D eigenvalue weighted by atomic mass is 32.1. The number of hydrogen-bond acceptors (Lipinski definition) is 2. The van der Waals surface area contributed by atoms with Crippen LogP contribution in [0.4, 0.5) is 11.4 Å². The van der Waals surface area contributed by atoms with Crippen LogP contribution in [0.25, 0.3) is 0 Å². The molecule has 3 rings (SSSR count). The average Bonchev–Trinajstić information content (AvgIpc) is 2.64. The first-order valence-electron chi connectivity index (χ1n) is 5.73. The zero-order chi connectivity index (χ0) is 12.7. The SMILES string of the molecule is Cc1ccccc1N1C(=S)C(=O)c2ccccc21. The zero-order valence-corrected chi connectivity index (χ0v) is 10.7. The van der Waals surface area contributed by atoms with Gasteiger partial charge < -0.3 is 0 Å². The minimum atomic E-state index is -0.0659. The quantitative estimate of drug-likeness (QED) is 0.723. The van der Waals surface area contributed by atoms with Gasteiger partial charge in [0.05, 0.1) is 5.69 Å². The van der Waals surface area contributed by atoms with Crippen LogP contribution in [0.15, 0.2) is 48.5 Å². The number of Topliss-reactive ketones (excluding diaryl/α,β-unsaturated/α-hetero) is 1. The Kier molecular flexibility index (Phi) is 2.49. The third-order valence-electron chi connectivity index (χ3n) is 3.14. The molecule has 0 N–H and O–H groups in total. The van der Waals surface area contributed by atoms with Gasteiger partial charge >= 0.3 is 0 Å². The first-order chi connectivity index (χ1) is 8.70. The van der Waals surface area contributed by atoms with Crippen LogP contribution in [0.3, 0.4) is 0 Å². The van der Waals surface area contributed by atoms with E-state index in [0.29, 0.717) is 10.6 Å². The smallest absolute Gasteiger partial charge is 0.223 e. The third-order valence-corrected chi connectivity index (χ3v) is 3.51. The van der Waals surface area contributed by atoms with Crippen molar-refractivity contribution in [1.82, 2.24) is 0 Å². The number of para-hydroxylation sites is 2. The molecule has 3 heteroatoms. The lowest BCUT2D eigenvalue weighted by molar-refractivity contribution is 0.107. The summed E-state index contributed by atoms with van der Waals surface area (Å²) < 4.78 is 0. The van der Waals surface area contributed by atoms with E-state index in [1.54, 1.807) is 0 Å². The Morgan fingerprint density at radius 1 is 0.944 bits per heavy atom. The van der Waals surface area contributed by atoms with Gasteiger partial charge in [0.25, 0.3) is 0 Å². The molecule has 0 radical (unpaired) electrons. The molecule has 18 heavy (non-hydrogen) atoms. The Bertz CT molecular complexity index is 663. The standard InChI is InChI=1S/C15H11NOS/c1-10-6-2-4-8-12(10)16-13-9-5-3-7-11(13)14(17)15(16)18/h2-9H,1H3. The van der Waals surface area contributed by atoms with Gasteiger partial charge in [-0.1, -0.05) is 42.5 Å². The van der Waals surface area contributed by atoms with Crippen molar-refractivity contribution in [2.75, 3.05) is 4.90 Å². The lowest BCUT2D eigenvalue weighted by atomic mass is 10.1. The second-order valence-electron chi connectivity index (χ2n) is 4.27. The van der Waals surface area contributed by atoms with Crippen LogP contribution in [0, 0.1) is 6.92 Å². The van der Waals surface area contributed by atoms with Crippen LogP contribution in [0.2, 0.25) is 0 Å². The van der Waals surface area contributed by atoms with Crippen molar-refractivity contribution in [2.45, 2.75) is 6.92 Å². The van der Waals surface area contributed by atoms with Crippen LogP contribution >= 0.6 is 12.2 Å². The molecule has 0 unspecified atom stereocenters. The van der Waals surface area contributed by atoms with Crippen molar-refractivity contribution in [3.8, 4) is 0 Å². The second-order valence-corrected chi connectivity index (χ2v) is 4.66. The van der Waals surface area contributed by atoms with Gasteiger partial charge in [-0.15, -0.1) is 0 Å². The summed E-state index contributed by atoms with van der Waals surface area (Å²) in [6.07, 6.45) is 0. The average molecular weight is 253 g/mol. The van der Waals surface area contributed by atoms with Gasteiger partial charge in [-0.25, -0.2) is 0 Å². The maximum Gasteiger partial charge on any atom is 0.223 e. The highest BCUT2D eigenvalue weighted by molar-refractivity contribution is 7.82. The number of fused-ring (bicyclic) bond motifs is 1. The topological polar surface area (TPSA) is 20.3 Å². The molecule has 1 heterocycles. The maximum atomic E-state index is 12.1. The first-order valence-corrected chi connectivity index (χ1v) is 6.14. The Labute approximate surface area is 111 Å². The summed E-state index contributed by atoms with van der Waals surface area (Å²) in [5.41, 5.74) is 3.64. The van der Waals surface area contributed by atoms with Gasteiger partial charge in [0, 0.05) is 11.3 Å². The number of nitrogens with zero attached hydrogens (tertiary/aromatic N) is 1. The molecule has 0 saturated heterocycles. The Hall–Kier alpha value is -2.00. The summed E-state index contributed by atoms with van der Waals surface area (Å²) in [7, 11) is 0. The van der Waals surface area contributed by atoms with E-state index >= 15 is 0 Å². The molecule has 1 aliphatic heterocycles. The largest absolute Gasteiger partial charge is 0.297 e. The third kappa shape index (κ3) is 1.48. The second kappa shape index (κ2) is 4.03. The summed E-state index contributed by atoms with van der Waals surface area (Å²) >= 11 is 5.29. The van der Waals surface area contributed by atoms with E-state index in [0.717, 1.165) is 16.9 Å². The predicted molar refractivity (Wildman–Crippen MR) is 76.7 cm³/mol. The number of aryl methyl sites for hydroxylation is 1. The maximum absolute atomic E-state index is 12.1. The molecule has 0 aliphatic carbocycles. The van der Waals surface area contributed by atoms with Gasteiger partial charge in [-0.3, -0.25) is 9.69 Å². The number of carbonyl (C=O) groups is 1. The Morgan fingerprint density at radius 3 is 2.28 bits per heavy atom. The fourth-order valence-corrected chi connectivity index (χ4v) is 2.55. The van der Waals surface area contributed by atoms with Crippen LogP contribution in [0.1, 0.15) is 15.9 Å². The normalized spacial score (nSPS) is 13.9. The molecular weight excluding hydrogens is 242 g/mol. The van der Waals surface area contributed by atoms with E-state index in [9.17, 15) is 4.79 Å². The molecule has 0 amide bonds. The van der Waals surface area contributed by atoms with Crippen LogP contribution in [0.5, 0.6) is 0 Å². The highest BCUT2D eigenvalue weighted by Gasteiger charge is 2.33. The monoisotopic (exact) mass is 253 g/mol. The number of carbonyl (C=O) groups excluding carboxylic acids is 1. The molecule has 0 fully saturated rings. The molecule has 2 aromatic rings. The molecular formula is C15H11NOS. The molecule has 0 bridgehead atoms. The van der Waals surface area contributed by atoms with E-state index in [-0.39, 0.29) is 5.78 Å². The number of thiocarbonyl (C=S) groups is 1. The fourth-order valence-electron chi connectivity index (χ4n) is 2.24. The van der Waals surface area contributed by atoms with Crippen molar-refractivity contribution in [2.24, 2.45) is 0 Å². The Morgan fingerprint density at radius 2 is 1.56 bits per heavy atom. The van der Waals surface area contributed by atoms with Gasteiger partial charge in [0.1, 0.15) is 0 Å². The number of anilines is 2. The summed E-state index contributed by atoms with van der Waals surface area (Å²) in [5.74, 6) is -0.0659. The fraction of sp³-hybridized carbons (Fsp3) is 0.0667. The van der Waals surface area contributed by atoms with Crippen LogP contribution in [-0.4, -0.2) is 10.8 Å². The van der Waals surface area contributed by atoms with Crippen molar-refractivity contribution in [3.63, 3.8) is 0 Å². The summed E-state index contributed by atoms with van der Waals surface area (Å²) in [6.45, 7) is 2.02. The van der Waals surface area contributed by atoms with Gasteiger partial charge in [0.15, 0.2) is 4.99 Å². The van der Waals surface area contributed by atoms with Gasteiger partial charge in [0.2, 0.25) is 5.78 Å². The molecule has 0 saturated carbocycles. The number of benzene rings is 2. The molecule has 0 aromatic heterocycles. The van der Waals surface area contributed by atoms with E-state index in [2.05, 4.69) is 0 Å². The van der Waals surface area contributed by atoms with E-state index in [4.69, 9.17) is 12.2 Å². The van der Waals surface area contributed by atoms with Crippen molar-refractivity contribution in [1.29, 1.82) is 0 Å². The van der Waals surface area contributed by atoms with E-state index in [1.165, 1.54) is 0 Å². The summed E-state index contributed by atoms with van der Waals surface area (Å²) in [4.78, 5) is 14.3. The van der Waals surface area contributed by atoms with Crippen LogP contribution in [-0.2, 0) is 0 Å². The first kappa shape index (κ1) is 11.1. The predicted octanol–water partition coefficient (Wildman–Crippen LogP) is 3.66. The Balaban J connectivity index is 2.23. The minimum absolute atomic E-state index is 0.0659. The molecule has 2 aromatic carbocycles. The summed E-state index contributed by atoms with van der Waals surface area (Å²) in [6, 6.07) is 15.5. The van der Waals surface area contributed by atoms with Crippen molar-refractivity contribution in [3.05, 3.63) is 59.7 Å². The molecule has 2 nitrogen and oxygen atoms in total. The van der Waals surface area contributed by atoms with Gasteiger partial charge in [-0.05, 0) is 30.7 Å². The van der Waals surface area contributed by atoms with Gasteiger partial charge in [-0.2, -0.15) is 0 Å². The highest BCUT2D eigenvalue weighted by Crippen LogP contribution is 2.37. The minimum Gasteiger partial charge on any atom is -0.297 e. The summed E-state index contributed by atoms with van der Waals surface area (Å²) in [5, 5.41) is 0. The molecule has 0 spiro atoms. The lowest BCUT2D eigenvalue weighted by Crippen LogP contribution is -2.23. The number of rotatable bonds is 1. The lowest BCUT2D eigenvalue weighted by Gasteiger charge is -2.20. The van der Waals surface area contributed by atoms with Crippen molar-refractivity contribution >= 4 is 34.4 Å².